The zero-order valence-electron chi connectivity index (χ0n) is 15.5. The van der Waals surface area contributed by atoms with E-state index in [-0.39, 0.29) is 17.9 Å². The van der Waals surface area contributed by atoms with Gasteiger partial charge in [0.05, 0.1) is 11.6 Å². The Balaban J connectivity index is 1.87. The number of rotatable bonds is 4. The molecule has 3 aromatic rings. The second-order valence-electron chi connectivity index (χ2n) is 6.83. The van der Waals surface area contributed by atoms with Crippen LogP contribution in [0, 0.1) is 0 Å². The normalized spacial score (nSPS) is 18.2. The van der Waals surface area contributed by atoms with Crippen LogP contribution in [-0.4, -0.2) is 21.7 Å². The Morgan fingerprint density at radius 2 is 1.55 bits per heavy atom. The molecule has 0 spiro atoms. The number of ketones is 1. The molecule has 0 radical (unpaired) electrons. The lowest BCUT2D eigenvalue weighted by atomic mass is 9.95. The second kappa shape index (κ2) is 7.94. The molecule has 144 valence electrons. The van der Waals surface area contributed by atoms with Crippen LogP contribution in [0.2, 0.25) is 5.02 Å². The van der Waals surface area contributed by atoms with Crippen molar-refractivity contribution in [3.63, 3.8) is 0 Å². The van der Waals surface area contributed by atoms with Crippen LogP contribution >= 0.6 is 11.6 Å². The minimum Gasteiger partial charge on any atom is -0.507 e. The molecule has 0 aliphatic carbocycles. The third-order valence-electron chi connectivity index (χ3n) is 4.95. The van der Waals surface area contributed by atoms with E-state index in [2.05, 4.69) is 0 Å². The van der Waals surface area contributed by atoms with Crippen LogP contribution in [-0.2, 0) is 16.1 Å². The second-order valence-corrected chi connectivity index (χ2v) is 7.27. The number of amides is 1. The number of likely N-dealkylation sites (tertiary alicyclic amines) is 1. The highest BCUT2D eigenvalue weighted by atomic mass is 35.5. The fourth-order valence-electron chi connectivity index (χ4n) is 3.60. The van der Waals surface area contributed by atoms with Gasteiger partial charge >= 0.3 is 0 Å². The SMILES string of the molecule is O=C1C(=O)N(Cc2ccccc2)C(c2cccc(Cl)c2)/C1=C(\O)c1ccccc1. The minimum absolute atomic E-state index is 0.0689. The van der Waals surface area contributed by atoms with Gasteiger partial charge in [-0.05, 0) is 23.3 Å². The van der Waals surface area contributed by atoms with Crippen LogP contribution in [0.25, 0.3) is 5.76 Å². The van der Waals surface area contributed by atoms with E-state index in [0.29, 0.717) is 16.1 Å². The van der Waals surface area contributed by atoms with E-state index in [1.807, 2.05) is 36.4 Å². The number of carbonyl (C=O) groups excluding carboxylic acids is 2. The maximum absolute atomic E-state index is 12.9. The summed E-state index contributed by atoms with van der Waals surface area (Å²) in [6.07, 6.45) is 0. The van der Waals surface area contributed by atoms with E-state index < -0.39 is 17.7 Å². The van der Waals surface area contributed by atoms with Crippen molar-refractivity contribution in [2.75, 3.05) is 0 Å². The largest absolute Gasteiger partial charge is 0.507 e. The average Bonchev–Trinajstić information content (AvgIpc) is 2.99. The van der Waals surface area contributed by atoms with Crippen molar-refractivity contribution in [3.8, 4) is 0 Å². The number of hydrogen-bond acceptors (Lipinski definition) is 3. The standard InChI is InChI=1S/C24H18ClNO3/c25-19-13-7-12-18(14-19)21-20(22(27)17-10-5-2-6-11-17)23(28)24(29)26(21)15-16-8-3-1-4-9-16/h1-14,21,27H,15H2/b22-20+. The number of aliphatic hydroxyl groups is 1. The molecule has 1 atom stereocenters. The highest BCUT2D eigenvalue weighted by Crippen LogP contribution is 2.40. The lowest BCUT2D eigenvalue weighted by Crippen LogP contribution is -2.29. The van der Waals surface area contributed by atoms with Gasteiger partial charge < -0.3 is 10.0 Å². The quantitative estimate of drug-likeness (QED) is 0.380. The highest BCUT2D eigenvalue weighted by molar-refractivity contribution is 6.46. The van der Waals surface area contributed by atoms with E-state index in [1.54, 1.807) is 48.5 Å². The predicted octanol–water partition coefficient (Wildman–Crippen LogP) is 4.96. The first-order valence-corrected chi connectivity index (χ1v) is 9.57. The molecule has 5 heteroatoms. The van der Waals surface area contributed by atoms with Crippen molar-refractivity contribution in [2.24, 2.45) is 0 Å². The first kappa shape index (κ1) is 19.0. The molecule has 29 heavy (non-hydrogen) atoms. The summed E-state index contributed by atoms with van der Waals surface area (Å²) in [5.41, 5.74) is 2.11. The smallest absolute Gasteiger partial charge is 0.295 e. The molecule has 1 fully saturated rings. The Morgan fingerprint density at radius 3 is 2.21 bits per heavy atom. The van der Waals surface area contributed by atoms with Crippen LogP contribution < -0.4 is 0 Å². The van der Waals surface area contributed by atoms with Crippen LogP contribution in [0.1, 0.15) is 22.7 Å². The topological polar surface area (TPSA) is 57.6 Å². The third kappa shape index (κ3) is 3.67. The lowest BCUT2D eigenvalue weighted by Gasteiger charge is -2.25. The Bertz CT molecular complexity index is 1090. The van der Waals surface area contributed by atoms with E-state index in [0.717, 1.165) is 5.56 Å². The summed E-state index contributed by atoms with van der Waals surface area (Å²) in [5, 5.41) is 11.4. The van der Waals surface area contributed by atoms with Gasteiger partial charge in [-0.2, -0.15) is 0 Å². The van der Waals surface area contributed by atoms with Gasteiger partial charge in [0.15, 0.2) is 0 Å². The Morgan fingerprint density at radius 1 is 0.897 bits per heavy atom. The molecular weight excluding hydrogens is 386 g/mol. The summed E-state index contributed by atoms with van der Waals surface area (Å²) in [5.74, 6) is -1.53. The maximum Gasteiger partial charge on any atom is 0.295 e. The minimum atomic E-state index is -0.728. The first-order valence-electron chi connectivity index (χ1n) is 9.19. The molecule has 1 aliphatic rings. The van der Waals surface area contributed by atoms with E-state index >= 15 is 0 Å². The van der Waals surface area contributed by atoms with Gasteiger partial charge in [-0.1, -0.05) is 84.4 Å². The van der Waals surface area contributed by atoms with Gasteiger partial charge in [0.25, 0.3) is 11.7 Å². The maximum atomic E-state index is 12.9. The molecule has 0 aromatic heterocycles. The zero-order valence-corrected chi connectivity index (χ0v) is 16.2. The lowest BCUT2D eigenvalue weighted by molar-refractivity contribution is -0.140. The Kier molecular flexibility index (Phi) is 5.19. The van der Waals surface area contributed by atoms with E-state index in [9.17, 15) is 14.7 Å². The van der Waals surface area contributed by atoms with Crippen LogP contribution in [0.4, 0.5) is 0 Å². The number of halogens is 1. The predicted molar refractivity (Wildman–Crippen MR) is 112 cm³/mol. The number of nitrogens with zero attached hydrogens (tertiary/aromatic N) is 1. The van der Waals surface area contributed by atoms with Crippen molar-refractivity contribution in [2.45, 2.75) is 12.6 Å². The molecule has 0 bridgehead atoms. The molecule has 4 rings (SSSR count). The van der Waals surface area contributed by atoms with Crippen LogP contribution in [0.3, 0.4) is 0 Å². The van der Waals surface area contributed by atoms with Gasteiger partial charge in [-0.3, -0.25) is 9.59 Å². The van der Waals surface area contributed by atoms with Crippen molar-refractivity contribution in [1.29, 1.82) is 0 Å². The number of hydrogen-bond donors (Lipinski definition) is 1. The molecule has 0 saturated carbocycles. The monoisotopic (exact) mass is 403 g/mol. The van der Waals surface area contributed by atoms with Crippen LogP contribution in [0.15, 0.2) is 90.5 Å². The van der Waals surface area contributed by atoms with E-state index in [1.165, 1.54) is 4.90 Å². The van der Waals surface area contributed by atoms with Crippen molar-refractivity contribution in [3.05, 3.63) is 112 Å². The Labute approximate surface area is 173 Å². The van der Waals surface area contributed by atoms with Crippen molar-refractivity contribution >= 4 is 29.1 Å². The van der Waals surface area contributed by atoms with Crippen molar-refractivity contribution < 1.29 is 14.7 Å². The van der Waals surface area contributed by atoms with Gasteiger partial charge in [-0.15, -0.1) is 0 Å². The molecule has 1 aliphatic heterocycles. The number of benzene rings is 3. The number of aliphatic hydroxyl groups excluding tert-OH is 1. The summed E-state index contributed by atoms with van der Waals surface area (Å²) < 4.78 is 0. The highest BCUT2D eigenvalue weighted by Gasteiger charge is 2.46. The molecule has 4 nitrogen and oxygen atoms in total. The summed E-state index contributed by atoms with van der Waals surface area (Å²) in [7, 11) is 0. The third-order valence-corrected chi connectivity index (χ3v) is 5.18. The fraction of sp³-hybridized carbons (Fsp3) is 0.0833. The molecule has 3 aromatic carbocycles. The molecular formula is C24H18ClNO3. The zero-order chi connectivity index (χ0) is 20.4. The van der Waals surface area contributed by atoms with Gasteiger partial charge in [-0.25, -0.2) is 0 Å². The van der Waals surface area contributed by atoms with Crippen molar-refractivity contribution in [1.82, 2.24) is 4.90 Å². The molecule has 1 amide bonds. The van der Waals surface area contributed by atoms with Gasteiger partial charge in [0, 0.05) is 17.1 Å². The van der Waals surface area contributed by atoms with Gasteiger partial charge in [0.1, 0.15) is 5.76 Å². The number of Topliss-reactive ketones (excluding diaryl/α,β-unsaturated/α-hetero) is 1. The fourth-order valence-corrected chi connectivity index (χ4v) is 3.80. The summed E-state index contributed by atoms with van der Waals surface area (Å²) in [6, 6.07) is 24.5. The summed E-state index contributed by atoms with van der Waals surface area (Å²) in [4.78, 5) is 27.4. The number of carbonyl (C=O) groups is 2. The first-order chi connectivity index (χ1) is 14.1. The van der Waals surface area contributed by atoms with Gasteiger partial charge in [0.2, 0.25) is 0 Å². The molecule has 1 unspecified atom stereocenters. The average molecular weight is 404 g/mol. The molecule has 1 saturated heterocycles. The molecule has 1 N–H and O–H groups in total. The summed E-state index contributed by atoms with van der Waals surface area (Å²) in [6.45, 7) is 0.244. The molecule has 1 heterocycles. The van der Waals surface area contributed by atoms with Crippen LogP contribution in [0.5, 0.6) is 0 Å². The van der Waals surface area contributed by atoms with E-state index in [4.69, 9.17) is 11.6 Å². The summed E-state index contributed by atoms with van der Waals surface area (Å²) >= 11 is 6.18. The Hall–Kier alpha value is -3.37.